The van der Waals surface area contributed by atoms with Gasteiger partial charge in [-0.15, -0.1) is 0 Å². The van der Waals surface area contributed by atoms with Gasteiger partial charge >= 0.3 is 5.97 Å². The molecule has 9 heteroatoms. The summed E-state index contributed by atoms with van der Waals surface area (Å²) >= 11 is 0. The number of rotatable bonds is 7. The number of ether oxygens (including phenoxy) is 1. The fraction of sp³-hybridized carbons (Fsp3) is 0.304. The molecule has 32 heavy (non-hydrogen) atoms. The minimum atomic E-state index is -0.661. The number of fused-ring (bicyclic) bond motifs is 1. The Hall–Kier alpha value is -3.75. The normalized spacial score (nSPS) is 15.7. The van der Waals surface area contributed by atoms with Crippen LogP contribution in [-0.4, -0.2) is 46.3 Å². The van der Waals surface area contributed by atoms with Crippen molar-refractivity contribution in [2.75, 3.05) is 18.2 Å². The van der Waals surface area contributed by atoms with Crippen molar-refractivity contribution in [3.63, 3.8) is 0 Å². The highest BCUT2D eigenvalue weighted by Gasteiger charge is 2.36. The molecule has 0 saturated heterocycles. The molecule has 1 aliphatic heterocycles. The number of esters is 1. The standard InChI is InChI=1S/C23H24FN5O3/c1-3-32-23(31)18-14-20(29(27-18)16-7-5-4-6-8-16)22(30)25-12-11-21-26-17-10-9-15(24)13-19(17)28(21)2/h4-10,13,20H,3,11-12,14H2,1-2H3,(H,25,30). The largest absolute Gasteiger partial charge is 0.461 e. The lowest BCUT2D eigenvalue weighted by atomic mass is 10.1. The van der Waals surface area contributed by atoms with Gasteiger partial charge in [0.15, 0.2) is 0 Å². The van der Waals surface area contributed by atoms with Crippen LogP contribution in [0.1, 0.15) is 19.2 Å². The highest BCUT2D eigenvalue weighted by atomic mass is 19.1. The molecule has 0 saturated carbocycles. The van der Waals surface area contributed by atoms with Crippen LogP contribution in [0, 0.1) is 5.82 Å². The molecule has 1 N–H and O–H groups in total. The van der Waals surface area contributed by atoms with Crippen molar-refractivity contribution in [3.8, 4) is 0 Å². The molecule has 0 radical (unpaired) electrons. The van der Waals surface area contributed by atoms with Crippen LogP contribution >= 0.6 is 0 Å². The minimum absolute atomic E-state index is 0.158. The van der Waals surface area contributed by atoms with Crippen LogP contribution in [0.25, 0.3) is 11.0 Å². The summed E-state index contributed by atoms with van der Waals surface area (Å²) in [5, 5.41) is 8.83. The van der Waals surface area contributed by atoms with Crippen molar-refractivity contribution in [3.05, 3.63) is 60.2 Å². The summed E-state index contributed by atoms with van der Waals surface area (Å²) in [4.78, 5) is 29.7. The molecule has 0 bridgehead atoms. The van der Waals surface area contributed by atoms with Crippen molar-refractivity contribution in [2.24, 2.45) is 12.1 Å². The summed E-state index contributed by atoms with van der Waals surface area (Å²) in [7, 11) is 1.82. The molecule has 0 fully saturated rings. The number of hydrogen-bond donors (Lipinski definition) is 1. The number of halogens is 1. The SMILES string of the molecule is CCOC(=O)C1=NN(c2ccccc2)C(C(=O)NCCc2nc3ccc(F)cc3n2C)C1. The Labute approximate surface area is 184 Å². The molecule has 166 valence electrons. The van der Waals surface area contributed by atoms with Gasteiger partial charge in [0, 0.05) is 26.4 Å². The Bertz CT molecular complexity index is 1180. The van der Waals surface area contributed by atoms with E-state index in [0.717, 1.165) is 5.82 Å². The number of imidazole rings is 1. The highest BCUT2D eigenvalue weighted by Crippen LogP contribution is 2.25. The number of aromatic nitrogens is 2. The summed E-state index contributed by atoms with van der Waals surface area (Å²) < 4.78 is 20.4. The molecule has 4 rings (SSSR count). The zero-order chi connectivity index (χ0) is 22.7. The zero-order valence-electron chi connectivity index (χ0n) is 17.9. The van der Waals surface area contributed by atoms with E-state index in [1.54, 1.807) is 18.0 Å². The number of para-hydroxylation sites is 1. The minimum Gasteiger partial charge on any atom is -0.461 e. The number of carbonyl (C=O) groups excluding carboxylic acids is 2. The third-order valence-electron chi connectivity index (χ3n) is 5.33. The molecular weight excluding hydrogens is 413 g/mol. The molecule has 3 aromatic rings. The Morgan fingerprint density at radius 3 is 2.75 bits per heavy atom. The number of nitrogens with zero attached hydrogens (tertiary/aromatic N) is 4. The third kappa shape index (κ3) is 4.32. The van der Waals surface area contributed by atoms with Crippen LogP contribution in [0.4, 0.5) is 10.1 Å². The Morgan fingerprint density at radius 2 is 2.00 bits per heavy atom. The third-order valence-corrected chi connectivity index (χ3v) is 5.33. The van der Waals surface area contributed by atoms with Gasteiger partial charge in [-0.2, -0.15) is 5.10 Å². The molecular formula is C23H24FN5O3. The number of nitrogens with one attached hydrogen (secondary N) is 1. The van der Waals surface area contributed by atoms with E-state index in [2.05, 4.69) is 15.4 Å². The predicted molar refractivity (Wildman–Crippen MR) is 119 cm³/mol. The quantitative estimate of drug-likeness (QED) is 0.574. The Morgan fingerprint density at radius 1 is 1.22 bits per heavy atom. The van der Waals surface area contributed by atoms with Gasteiger partial charge in [-0.1, -0.05) is 18.2 Å². The molecule has 1 amide bonds. The van der Waals surface area contributed by atoms with Crippen LogP contribution in [0.2, 0.25) is 0 Å². The second-order valence-electron chi connectivity index (χ2n) is 7.43. The van der Waals surface area contributed by atoms with Crippen molar-refractivity contribution < 1.29 is 18.7 Å². The second kappa shape index (κ2) is 9.17. The lowest BCUT2D eigenvalue weighted by Gasteiger charge is -2.22. The number of aryl methyl sites for hydroxylation is 1. The molecule has 1 aliphatic rings. The van der Waals surface area contributed by atoms with Gasteiger partial charge in [0.05, 0.1) is 23.3 Å². The number of hydrogen-bond acceptors (Lipinski definition) is 6. The summed E-state index contributed by atoms with van der Waals surface area (Å²) in [5.41, 5.74) is 2.33. The van der Waals surface area contributed by atoms with Gasteiger partial charge in [-0.25, -0.2) is 14.2 Å². The monoisotopic (exact) mass is 437 g/mol. The van der Waals surface area contributed by atoms with E-state index >= 15 is 0 Å². The number of carbonyl (C=O) groups is 2. The maximum Gasteiger partial charge on any atom is 0.354 e. The first-order valence-corrected chi connectivity index (χ1v) is 10.5. The number of benzene rings is 2. The summed E-state index contributed by atoms with van der Waals surface area (Å²) in [6.45, 7) is 2.30. The van der Waals surface area contributed by atoms with Crippen LogP contribution in [-0.2, 0) is 27.8 Å². The van der Waals surface area contributed by atoms with Gasteiger partial charge in [0.1, 0.15) is 23.4 Å². The van der Waals surface area contributed by atoms with Gasteiger partial charge in [-0.05, 0) is 37.3 Å². The van der Waals surface area contributed by atoms with Crippen molar-refractivity contribution in [1.82, 2.24) is 14.9 Å². The molecule has 0 aliphatic carbocycles. The van der Waals surface area contributed by atoms with E-state index < -0.39 is 12.0 Å². The molecule has 2 aromatic carbocycles. The van der Waals surface area contributed by atoms with Gasteiger partial charge in [0.2, 0.25) is 5.91 Å². The number of amides is 1. The van der Waals surface area contributed by atoms with Gasteiger partial charge in [-0.3, -0.25) is 9.80 Å². The van der Waals surface area contributed by atoms with Gasteiger partial charge in [0.25, 0.3) is 0 Å². The lowest BCUT2D eigenvalue weighted by Crippen LogP contribution is -2.43. The van der Waals surface area contributed by atoms with E-state index in [9.17, 15) is 14.0 Å². The number of anilines is 1. The van der Waals surface area contributed by atoms with E-state index in [-0.39, 0.29) is 30.5 Å². The fourth-order valence-electron chi connectivity index (χ4n) is 3.72. The van der Waals surface area contributed by atoms with E-state index in [1.807, 2.05) is 41.9 Å². The van der Waals surface area contributed by atoms with Crippen molar-refractivity contribution in [1.29, 1.82) is 0 Å². The first-order chi connectivity index (χ1) is 15.5. The van der Waals surface area contributed by atoms with E-state index in [0.29, 0.717) is 29.7 Å². The Kier molecular flexibility index (Phi) is 6.16. The van der Waals surface area contributed by atoms with Crippen molar-refractivity contribution in [2.45, 2.75) is 25.8 Å². The van der Waals surface area contributed by atoms with E-state index in [4.69, 9.17) is 4.74 Å². The average molecular weight is 437 g/mol. The maximum atomic E-state index is 13.5. The summed E-state index contributed by atoms with van der Waals surface area (Å²) in [5.74, 6) is -0.349. The second-order valence-corrected chi connectivity index (χ2v) is 7.43. The molecule has 1 atom stereocenters. The van der Waals surface area contributed by atoms with Crippen LogP contribution in [0.3, 0.4) is 0 Å². The zero-order valence-corrected chi connectivity index (χ0v) is 17.9. The highest BCUT2D eigenvalue weighted by molar-refractivity contribution is 6.38. The fourth-order valence-corrected chi connectivity index (χ4v) is 3.72. The predicted octanol–water partition coefficient (Wildman–Crippen LogP) is 2.57. The Balaban J connectivity index is 1.45. The first-order valence-electron chi connectivity index (χ1n) is 10.5. The van der Waals surface area contributed by atoms with Crippen LogP contribution in [0.5, 0.6) is 0 Å². The van der Waals surface area contributed by atoms with Crippen molar-refractivity contribution >= 4 is 34.3 Å². The summed E-state index contributed by atoms with van der Waals surface area (Å²) in [6.07, 6.45) is 0.632. The topological polar surface area (TPSA) is 88.8 Å². The van der Waals surface area contributed by atoms with Gasteiger partial charge < -0.3 is 14.6 Å². The molecule has 1 aromatic heterocycles. The van der Waals surface area contributed by atoms with E-state index in [1.165, 1.54) is 12.1 Å². The lowest BCUT2D eigenvalue weighted by molar-refractivity contribution is -0.135. The maximum absolute atomic E-state index is 13.5. The van der Waals surface area contributed by atoms with Crippen LogP contribution in [0.15, 0.2) is 53.6 Å². The molecule has 0 spiro atoms. The molecule has 8 nitrogen and oxygen atoms in total. The summed E-state index contributed by atoms with van der Waals surface area (Å²) in [6, 6.07) is 13.0. The molecule has 2 heterocycles. The first kappa shape index (κ1) is 21.5. The smallest absolute Gasteiger partial charge is 0.354 e. The molecule has 1 unspecified atom stereocenters. The number of hydrazone groups is 1. The van der Waals surface area contributed by atoms with Crippen LogP contribution < -0.4 is 10.3 Å². The average Bonchev–Trinajstić information content (AvgIpc) is 3.37.